The zero-order chi connectivity index (χ0) is 8.43. The van der Waals surface area contributed by atoms with Gasteiger partial charge >= 0.3 is 0 Å². The van der Waals surface area contributed by atoms with E-state index < -0.39 is 0 Å². The van der Waals surface area contributed by atoms with Crippen LogP contribution >= 0.6 is 11.6 Å². The van der Waals surface area contributed by atoms with E-state index in [1.165, 1.54) is 25.1 Å². The third kappa shape index (κ3) is 1.71. The number of carbonyl (C=O) groups is 1. The molecule has 0 heterocycles. The van der Waals surface area contributed by atoms with Gasteiger partial charge in [0.15, 0.2) is 5.78 Å². The van der Waals surface area contributed by atoms with Gasteiger partial charge in [0.1, 0.15) is 5.75 Å². The average Bonchev–Trinajstić information content (AvgIpc) is 1.94. The molecular formula is C8H7ClO2. The van der Waals surface area contributed by atoms with Crippen LogP contribution in [0.4, 0.5) is 0 Å². The minimum atomic E-state index is -0.147. The lowest BCUT2D eigenvalue weighted by Crippen LogP contribution is -1.91. The van der Waals surface area contributed by atoms with E-state index in [2.05, 4.69) is 0 Å². The van der Waals surface area contributed by atoms with Gasteiger partial charge in [-0.25, -0.2) is 0 Å². The summed E-state index contributed by atoms with van der Waals surface area (Å²) in [6, 6.07) is 4.28. The smallest absolute Gasteiger partial charge is 0.161 e. The molecule has 1 aromatic carbocycles. The molecule has 0 saturated heterocycles. The molecule has 0 unspecified atom stereocenters. The molecule has 0 aliphatic heterocycles. The molecule has 0 aliphatic carbocycles. The minimum absolute atomic E-state index is 0.0552. The third-order valence-corrected chi connectivity index (χ3v) is 1.66. The quantitative estimate of drug-likeness (QED) is 0.657. The van der Waals surface area contributed by atoms with E-state index in [0.29, 0.717) is 10.6 Å². The summed E-state index contributed by atoms with van der Waals surface area (Å²) in [6.07, 6.45) is 0. The minimum Gasteiger partial charge on any atom is -0.508 e. The number of ketones is 1. The number of benzene rings is 1. The van der Waals surface area contributed by atoms with Crippen molar-refractivity contribution in [3.63, 3.8) is 0 Å². The van der Waals surface area contributed by atoms with Crippen molar-refractivity contribution in [3.05, 3.63) is 28.8 Å². The van der Waals surface area contributed by atoms with Crippen molar-refractivity contribution in [2.24, 2.45) is 0 Å². The molecule has 0 amide bonds. The summed E-state index contributed by atoms with van der Waals surface area (Å²) < 4.78 is 0. The fraction of sp³-hybridized carbons (Fsp3) is 0.125. The summed E-state index contributed by atoms with van der Waals surface area (Å²) >= 11 is 5.66. The maximum absolute atomic E-state index is 10.8. The van der Waals surface area contributed by atoms with Crippen LogP contribution < -0.4 is 0 Å². The Bertz CT molecular complexity index is 294. The highest BCUT2D eigenvalue weighted by Gasteiger charge is 2.05. The molecule has 1 N–H and O–H groups in total. The lowest BCUT2D eigenvalue weighted by Gasteiger charge is -1.98. The number of hydrogen-bond donors (Lipinski definition) is 1. The summed E-state index contributed by atoms with van der Waals surface area (Å²) in [6.45, 7) is 1.40. The number of Topliss-reactive ketones (excluding diaryl/α,β-unsaturated/α-hetero) is 1. The van der Waals surface area contributed by atoms with Gasteiger partial charge in [-0.2, -0.15) is 0 Å². The molecule has 3 heteroatoms. The molecule has 58 valence electrons. The molecule has 0 radical (unpaired) electrons. The van der Waals surface area contributed by atoms with Crippen molar-refractivity contribution in [1.82, 2.24) is 0 Å². The van der Waals surface area contributed by atoms with Crippen LogP contribution in [0.25, 0.3) is 0 Å². The molecule has 2 nitrogen and oxygen atoms in total. The van der Waals surface area contributed by atoms with E-state index >= 15 is 0 Å². The number of phenolic OH excluding ortho intramolecular Hbond substituents is 1. The molecule has 11 heavy (non-hydrogen) atoms. The molecular weight excluding hydrogens is 164 g/mol. The Labute approximate surface area is 69.4 Å². The van der Waals surface area contributed by atoms with E-state index in [9.17, 15) is 4.79 Å². The van der Waals surface area contributed by atoms with Gasteiger partial charge in [-0.15, -0.1) is 0 Å². The van der Waals surface area contributed by atoms with Gasteiger partial charge in [-0.05, 0) is 25.1 Å². The van der Waals surface area contributed by atoms with Crippen LogP contribution in [0, 0.1) is 0 Å². The SMILES string of the molecule is CC(=O)c1cc(O)ccc1Cl. The second-order valence-corrected chi connectivity index (χ2v) is 2.63. The van der Waals surface area contributed by atoms with Crippen molar-refractivity contribution < 1.29 is 9.90 Å². The highest BCUT2D eigenvalue weighted by molar-refractivity contribution is 6.33. The first-order chi connectivity index (χ1) is 5.11. The van der Waals surface area contributed by atoms with E-state index in [4.69, 9.17) is 16.7 Å². The highest BCUT2D eigenvalue weighted by atomic mass is 35.5. The number of rotatable bonds is 1. The van der Waals surface area contributed by atoms with Crippen LogP contribution in [0.3, 0.4) is 0 Å². The Hall–Kier alpha value is -1.02. The standard InChI is InChI=1S/C8H7ClO2/c1-5(10)7-4-6(11)2-3-8(7)9/h2-4,11H,1H3. The first-order valence-corrected chi connectivity index (χ1v) is 3.48. The van der Waals surface area contributed by atoms with Gasteiger partial charge < -0.3 is 5.11 Å². The second-order valence-electron chi connectivity index (χ2n) is 2.22. The maximum Gasteiger partial charge on any atom is 0.161 e. The van der Waals surface area contributed by atoms with Crippen molar-refractivity contribution in [1.29, 1.82) is 0 Å². The summed E-state index contributed by atoms with van der Waals surface area (Å²) in [5.74, 6) is -0.0921. The van der Waals surface area contributed by atoms with E-state index in [1.807, 2.05) is 0 Å². The zero-order valence-electron chi connectivity index (χ0n) is 5.97. The number of carbonyl (C=O) groups excluding carboxylic acids is 1. The van der Waals surface area contributed by atoms with Gasteiger partial charge in [0, 0.05) is 5.56 Å². The van der Waals surface area contributed by atoms with Crippen molar-refractivity contribution in [3.8, 4) is 5.75 Å². The van der Waals surface area contributed by atoms with Gasteiger partial charge in [-0.3, -0.25) is 4.79 Å². The van der Waals surface area contributed by atoms with Crippen LogP contribution in [-0.4, -0.2) is 10.9 Å². The van der Waals surface area contributed by atoms with Crippen LogP contribution in [0.5, 0.6) is 5.75 Å². The molecule has 0 atom stereocenters. The predicted molar refractivity (Wildman–Crippen MR) is 43.1 cm³/mol. The Kier molecular flexibility index (Phi) is 2.15. The van der Waals surface area contributed by atoms with Gasteiger partial charge in [0.2, 0.25) is 0 Å². The number of aromatic hydroxyl groups is 1. The average molecular weight is 171 g/mol. The van der Waals surface area contributed by atoms with Gasteiger partial charge in [0.25, 0.3) is 0 Å². The fourth-order valence-corrected chi connectivity index (χ4v) is 1.03. The molecule has 0 bridgehead atoms. The molecule has 1 aromatic rings. The Morgan fingerprint density at radius 2 is 2.18 bits per heavy atom. The molecule has 0 fully saturated rings. The third-order valence-electron chi connectivity index (χ3n) is 1.33. The maximum atomic E-state index is 10.8. The molecule has 0 aliphatic rings. The summed E-state index contributed by atoms with van der Waals surface area (Å²) in [7, 11) is 0. The van der Waals surface area contributed by atoms with Crippen LogP contribution in [0.1, 0.15) is 17.3 Å². The second kappa shape index (κ2) is 2.93. The number of hydrogen-bond acceptors (Lipinski definition) is 2. The Morgan fingerprint density at radius 1 is 1.55 bits per heavy atom. The summed E-state index contributed by atoms with van der Waals surface area (Å²) in [4.78, 5) is 10.8. The Balaban J connectivity index is 3.23. The van der Waals surface area contributed by atoms with Gasteiger partial charge in [0.05, 0.1) is 5.02 Å². The van der Waals surface area contributed by atoms with Crippen molar-refractivity contribution in [2.75, 3.05) is 0 Å². The van der Waals surface area contributed by atoms with Gasteiger partial charge in [-0.1, -0.05) is 11.6 Å². The lowest BCUT2D eigenvalue weighted by molar-refractivity contribution is 0.101. The predicted octanol–water partition coefficient (Wildman–Crippen LogP) is 2.25. The number of phenols is 1. The Morgan fingerprint density at radius 3 is 2.64 bits per heavy atom. The molecule has 0 aromatic heterocycles. The number of halogens is 1. The van der Waals surface area contributed by atoms with E-state index in [0.717, 1.165) is 0 Å². The zero-order valence-corrected chi connectivity index (χ0v) is 6.72. The normalized spacial score (nSPS) is 9.64. The largest absolute Gasteiger partial charge is 0.508 e. The van der Waals surface area contributed by atoms with Crippen molar-refractivity contribution >= 4 is 17.4 Å². The van der Waals surface area contributed by atoms with Crippen LogP contribution in [0.2, 0.25) is 5.02 Å². The molecule has 0 saturated carbocycles. The highest BCUT2D eigenvalue weighted by Crippen LogP contribution is 2.21. The topological polar surface area (TPSA) is 37.3 Å². The molecule has 0 spiro atoms. The van der Waals surface area contributed by atoms with Crippen LogP contribution in [-0.2, 0) is 0 Å². The summed E-state index contributed by atoms with van der Waals surface area (Å²) in [5.41, 5.74) is 0.353. The summed E-state index contributed by atoms with van der Waals surface area (Å²) in [5, 5.41) is 9.35. The van der Waals surface area contributed by atoms with Crippen molar-refractivity contribution in [2.45, 2.75) is 6.92 Å². The monoisotopic (exact) mass is 170 g/mol. The first kappa shape index (κ1) is 8.08. The lowest BCUT2D eigenvalue weighted by atomic mass is 10.1. The van der Waals surface area contributed by atoms with E-state index in [-0.39, 0.29) is 11.5 Å². The van der Waals surface area contributed by atoms with E-state index in [1.54, 1.807) is 0 Å². The fourth-order valence-electron chi connectivity index (χ4n) is 0.783. The molecule has 1 rings (SSSR count). The van der Waals surface area contributed by atoms with Crippen LogP contribution in [0.15, 0.2) is 18.2 Å². The first-order valence-electron chi connectivity index (χ1n) is 3.10.